The molecule has 0 saturated heterocycles. The van der Waals surface area contributed by atoms with Gasteiger partial charge in [0, 0.05) is 23.6 Å². The number of aromatic nitrogens is 1. The zero-order valence-corrected chi connectivity index (χ0v) is 11.4. The highest BCUT2D eigenvalue weighted by atomic mass is 19.1. The highest BCUT2D eigenvalue weighted by molar-refractivity contribution is 5.83. The first-order valence-corrected chi connectivity index (χ1v) is 6.77. The molecule has 0 aliphatic heterocycles. The molecule has 0 bridgehead atoms. The smallest absolute Gasteiger partial charge is 0.143 e. The number of nitrogens with zero attached hydrogens (tertiary/aromatic N) is 1. The van der Waals surface area contributed by atoms with Gasteiger partial charge in [0.05, 0.1) is 5.69 Å². The monoisotopic (exact) mass is 279 g/mol. The van der Waals surface area contributed by atoms with E-state index in [1.54, 1.807) is 12.1 Å². The molecule has 0 saturated carbocycles. The zero-order chi connectivity index (χ0) is 14.7. The fraction of sp³-hybridized carbons (Fsp3) is 0.118. The van der Waals surface area contributed by atoms with Gasteiger partial charge in [0.15, 0.2) is 0 Å². The van der Waals surface area contributed by atoms with Crippen LogP contribution in [0.25, 0.3) is 10.9 Å². The van der Waals surface area contributed by atoms with Crippen molar-refractivity contribution >= 4 is 16.6 Å². The van der Waals surface area contributed by atoms with Gasteiger partial charge in [-0.2, -0.15) is 5.26 Å². The van der Waals surface area contributed by atoms with E-state index in [-0.39, 0.29) is 5.56 Å². The largest absolute Gasteiger partial charge is 0.384 e. The minimum atomic E-state index is -0.491. The van der Waals surface area contributed by atoms with Gasteiger partial charge in [-0.05, 0) is 30.2 Å². The van der Waals surface area contributed by atoms with Crippen LogP contribution in [0.2, 0.25) is 0 Å². The maximum Gasteiger partial charge on any atom is 0.143 e. The Morgan fingerprint density at radius 1 is 1.14 bits per heavy atom. The minimum absolute atomic E-state index is 0.0661. The van der Waals surface area contributed by atoms with Gasteiger partial charge in [-0.3, -0.25) is 0 Å². The van der Waals surface area contributed by atoms with E-state index < -0.39 is 5.82 Å². The summed E-state index contributed by atoms with van der Waals surface area (Å²) in [6, 6.07) is 14.6. The highest BCUT2D eigenvalue weighted by Gasteiger charge is 2.07. The molecule has 21 heavy (non-hydrogen) atoms. The van der Waals surface area contributed by atoms with Gasteiger partial charge in [-0.1, -0.05) is 24.3 Å². The van der Waals surface area contributed by atoms with Gasteiger partial charge in [0.1, 0.15) is 17.4 Å². The van der Waals surface area contributed by atoms with E-state index >= 15 is 0 Å². The molecule has 0 spiro atoms. The second kappa shape index (κ2) is 5.68. The SMILES string of the molecule is N#Cc1c(F)cccc1NCCc1c[nH]c2ccccc12. The highest BCUT2D eigenvalue weighted by Crippen LogP contribution is 2.20. The third kappa shape index (κ3) is 2.59. The number of aromatic amines is 1. The van der Waals surface area contributed by atoms with Crippen molar-refractivity contribution in [2.75, 3.05) is 11.9 Å². The average Bonchev–Trinajstić information content (AvgIpc) is 2.91. The minimum Gasteiger partial charge on any atom is -0.384 e. The molecule has 0 amide bonds. The first-order chi connectivity index (χ1) is 10.3. The molecule has 3 rings (SSSR count). The molecule has 1 aromatic heterocycles. The first-order valence-electron chi connectivity index (χ1n) is 6.77. The van der Waals surface area contributed by atoms with Gasteiger partial charge in [-0.25, -0.2) is 4.39 Å². The standard InChI is InChI=1S/C17H14FN3/c18-15-5-3-7-17(14(15)10-19)20-9-8-12-11-21-16-6-2-1-4-13(12)16/h1-7,11,20-21H,8-9H2. The Bertz CT molecular complexity index is 814. The molecule has 4 heteroatoms. The summed E-state index contributed by atoms with van der Waals surface area (Å²) in [6.45, 7) is 0.639. The summed E-state index contributed by atoms with van der Waals surface area (Å²) in [5.41, 5.74) is 2.91. The third-order valence-electron chi connectivity index (χ3n) is 3.51. The van der Waals surface area contributed by atoms with Crippen molar-refractivity contribution in [3.63, 3.8) is 0 Å². The van der Waals surface area contributed by atoms with Gasteiger partial charge in [0.25, 0.3) is 0 Å². The Morgan fingerprint density at radius 2 is 2.00 bits per heavy atom. The fourth-order valence-electron chi connectivity index (χ4n) is 2.46. The van der Waals surface area contributed by atoms with Gasteiger partial charge < -0.3 is 10.3 Å². The van der Waals surface area contributed by atoms with E-state index in [0.29, 0.717) is 12.2 Å². The molecule has 3 nitrogen and oxygen atoms in total. The molecule has 0 aliphatic carbocycles. The number of nitriles is 1. The van der Waals surface area contributed by atoms with Crippen molar-refractivity contribution in [3.05, 3.63) is 65.6 Å². The maximum atomic E-state index is 13.5. The second-order valence-electron chi connectivity index (χ2n) is 4.81. The summed E-state index contributed by atoms with van der Waals surface area (Å²) < 4.78 is 13.5. The predicted octanol–water partition coefficient (Wildman–Crippen LogP) is 3.83. The number of H-pyrrole nitrogens is 1. The fourth-order valence-corrected chi connectivity index (χ4v) is 2.46. The molecular formula is C17H14FN3. The van der Waals surface area contributed by atoms with Crippen LogP contribution in [0.1, 0.15) is 11.1 Å². The quantitative estimate of drug-likeness (QED) is 0.762. The van der Waals surface area contributed by atoms with E-state index in [9.17, 15) is 4.39 Å². The summed E-state index contributed by atoms with van der Waals surface area (Å²) in [6.07, 6.45) is 2.79. The van der Waals surface area contributed by atoms with Crippen molar-refractivity contribution in [1.82, 2.24) is 4.98 Å². The summed E-state index contributed by atoms with van der Waals surface area (Å²) >= 11 is 0. The molecular weight excluding hydrogens is 265 g/mol. The van der Waals surface area contributed by atoms with E-state index in [1.807, 2.05) is 30.5 Å². The Morgan fingerprint density at radius 3 is 2.86 bits per heavy atom. The van der Waals surface area contributed by atoms with Crippen LogP contribution in [0.5, 0.6) is 0 Å². The maximum absolute atomic E-state index is 13.5. The molecule has 0 aliphatic rings. The lowest BCUT2D eigenvalue weighted by Gasteiger charge is -2.08. The molecule has 2 aromatic carbocycles. The number of nitrogens with one attached hydrogen (secondary N) is 2. The molecule has 0 atom stereocenters. The van der Waals surface area contributed by atoms with Crippen molar-refractivity contribution < 1.29 is 4.39 Å². The van der Waals surface area contributed by atoms with Crippen LogP contribution in [-0.4, -0.2) is 11.5 Å². The lowest BCUT2D eigenvalue weighted by molar-refractivity contribution is 0.624. The lowest BCUT2D eigenvalue weighted by atomic mass is 10.1. The Balaban J connectivity index is 1.72. The van der Waals surface area contributed by atoms with Crippen LogP contribution in [0.4, 0.5) is 10.1 Å². The van der Waals surface area contributed by atoms with Gasteiger partial charge in [-0.15, -0.1) is 0 Å². The number of halogens is 1. The van der Waals surface area contributed by atoms with E-state index in [1.165, 1.54) is 17.0 Å². The molecule has 0 fully saturated rings. The molecule has 2 N–H and O–H groups in total. The molecule has 3 aromatic rings. The zero-order valence-electron chi connectivity index (χ0n) is 11.4. The van der Waals surface area contributed by atoms with Crippen LogP contribution in [0.3, 0.4) is 0 Å². The first kappa shape index (κ1) is 13.2. The number of fused-ring (bicyclic) bond motifs is 1. The van der Waals surface area contributed by atoms with E-state index in [2.05, 4.69) is 16.4 Å². The molecule has 0 unspecified atom stereocenters. The Labute approximate surface area is 122 Å². The number of anilines is 1. The summed E-state index contributed by atoms with van der Waals surface area (Å²) in [5, 5.41) is 13.3. The Hall–Kier alpha value is -2.80. The summed E-state index contributed by atoms with van der Waals surface area (Å²) in [7, 11) is 0. The number of rotatable bonds is 4. The van der Waals surface area contributed by atoms with Gasteiger partial charge >= 0.3 is 0 Å². The van der Waals surface area contributed by atoms with Crippen molar-refractivity contribution in [3.8, 4) is 6.07 Å². The topological polar surface area (TPSA) is 51.6 Å². The van der Waals surface area contributed by atoms with Crippen LogP contribution in [-0.2, 0) is 6.42 Å². The van der Waals surface area contributed by atoms with E-state index in [4.69, 9.17) is 5.26 Å². The van der Waals surface area contributed by atoms with Crippen LogP contribution < -0.4 is 5.32 Å². The van der Waals surface area contributed by atoms with Crippen LogP contribution >= 0.6 is 0 Å². The third-order valence-corrected chi connectivity index (χ3v) is 3.51. The number of hydrogen-bond donors (Lipinski definition) is 2. The number of para-hydroxylation sites is 1. The summed E-state index contributed by atoms with van der Waals surface area (Å²) in [5.74, 6) is -0.491. The molecule has 104 valence electrons. The Kier molecular flexibility index (Phi) is 3.57. The van der Waals surface area contributed by atoms with Crippen LogP contribution in [0.15, 0.2) is 48.7 Å². The number of benzene rings is 2. The van der Waals surface area contributed by atoms with Gasteiger partial charge in [0.2, 0.25) is 0 Å². The predicted molar refractivity (Wildman–Crippen MR) is 81.6 cm³/mol. The van der Waals surface area contributed by atoms with Crippen molar-refractivity contribution in [1.29, 1.82) is 5.26 Å². The lowest BCUT2D eigenvalue weighted by Crippen LogP contribution is -2.06. The second-order valence-corrected chi connectivity index (χ2v) is 4.81. The van der Waals surface area contributed by atoms with Crippen LogP contribution in [0, 0.1) is 17.1 Å². The summed E-state index contributed by atoms with van der Waals surface area (Å²) in [4.78, 5) is 3.23. The van der Waals surface area contributed by atoms with E-state index in [0.717, 1.165) is 11.9 Å². The molecule has 0 radical (unpaired) electrons. The average molecular weight is 279 g/mol. The number of hydrogen-bond acceptors (Lipinski definition) is 2. The normalized spacial score (nSPS) is 10.5. The van der Waals surface area contributed by atoms with Crippen molar-refractivity contribution in [2.45, 2.75) is 6.42 Å². The van der Waals surface area contributed by atoms with Crippen molar-refractivity contribution in [2.24, 2.45) is 0 Å². The molecule has 1 heterocycles.